The van der Waals surface area contributed by atoms with Gasteiger partial charge in [0.2, 0.25) is 5.82 Å². The first-order valence-electron chi connectivity index (χ1n) is 5.38. The summed E-state index contributed by atoms with van der Waals surface area (Å²) in [4.78, 5) is 14.3. The van der Waals surface area contributed by atoms with Crippen molar-refractivity contribution in [1.29, 1.82) is 5.26 Å². The summed E-state index contributed by atoms with van der Waals surface area (Å²) >= 11 is 5.97. The molecule has 2 aromatic rings. The molecule has 0 fully saturated rings. The number of benzene rings is 1. The third kappa shape index (κ3) is 2.60. The second-order valence-electron chi connectivity index (χ2n) is 3.79. The number of nitro groups is 1. The first kappa shape index (κ1) is 13.6. The molecule has 0 radical (unpaired) electrons. The van der Waals surface area contributed by atoms with Gasteiger partial charge in [-0.05, 0) is 24.3 Å². The maximum absolute atomic E-state index is 11.1. The predicted molar refractivity (Wildman–Crippen MR) is 74.8 cm³/mol. The molecule has 0 saturated heterocycles. The molecule has 0 bridgehead atoms. The average molecular weight is 290 g/mol. The summed E-state index contributed by atoms with van der Waals surface area (Å²) in [6, 6.07) is 7.69. The van der Waals surface area contributed by atoms with Crippen molar-refractivity contribution < 1.29 is 4.92 Å². The number of hydrogen-bond donors (Lipinski definition) is 2. The highest BCUT2D eigenvalue weighted by atomic mass is 35.5. The Morgan fingerprint density at radius 3 is 2.85 bits per heavy atom. The molecule has 100 valence electrons. The molecule has 2 rings (SSSR count). The molecule has 0 aliphatic carbocycles. The fourth-order valence-corrected chi connectivity index (χ4v) is 1.75. The van der Waals surface area contributed by atoms with Gasteiger partial charge in [0.15, 0.2) is 0 Å². The number of anilines is 3. The van der Waals surface area contributed by atoms with Gasteiger partial charge in [-0.25, -0.2) is 4.98 Å². The molecular formula is C12H8ClN5O2. The van der Waals surface area contributed by atoms with Gasteiger partial charge in [-0.15, -0.1) is 0 Å². The Bertz CT molecular complexity index is 726. The number of aromatic nitrogens is 1. The second kappa shape index (κ2) is 5.42. The molecule has 0 amide bonds. The minimum Gasteiger partial charge on any atom is -0.399 e. The molecule has 0 unspecified atom stereocenters. The summed E-state index contributed by atoms with van der Waals surface area (Å²) in [6.45, 7) is 0. The van der Waals surface area contributed by atoms with E-state index in [1.165, 1.54) is 18.3 Å². The average Bonchev–Trinajstić information content (AvgIpc) is 2.42. The Kier molecular flexibility index (Phi) is 3.68. The Morgan fingerprint density at radius 2 is 2.20 bits per heavy atom. The van der Waals surface area contributed by atoms with Gasteiger partial charge in [0.1, 0.15) is 11.6 Å². The Labute approximate surface area is 118 Å². The third-order valence-electron chi connectivity index (χ3n) is 2.47. The summed E-state index contributed by atoms with van der Waals surface area (Å²) in [5.74, 6) is -0.0680. The lowest BCUT2D eigenvalue weighted by molar-refractivity contribution is -0.384. The van der Waals surface area contributed by atoms with E-state index in [9.17, 15) is 10.1 Å². The van der Waals surface area contributed by atoms with Crippen LogP contribution in [-0.2, 0) is 0 Å². The van der Waals surface area contributed by atoms with Crippen LogP contribution in [0, 0.1) is 21.4 Å². The molecule has 7 nitrogen and oxygen atoms in total. The lowest BCUT2D eigenvalue weighted by Crippen LogP contribution is -2.02. The minimum absolute atomic E-state index is 0.0680. The van der Waals surface area contributed by atoms with Crippen LogP contribution in [0.25, 0.3) is 0 Å². The van der Waals surface area contributed by atoms with Gasteiger partial charge < -0.3 is 11.1 Å². The summed E-state index contributed by atoms with van der Waals surface area (Å²) in [5, 5.41) is 23.0. The van der Waals surface area contributed by atoms with Crippen LogP contribution in [0.15, 0.2) is 30.5 Å². The number of halogens is 1. The second-order valence-corrected chi connectivity index (χ2v) is 4.20. The summed E-state index contributed by atoms with van der Waals surface area (Å²) in [6.07, 6.45) is 1.30. The zero-order valence-corrected chi connectivity index (χ0v) is 10.8. The van der Waals surface area contributed by atoms with Gasteiger partial charge in [-0.3, -0.25) is 10.1 Å². The van der Waals surface area contributed by atoms with E-state index < -0.39 is 10.6 Å². The van der Waals surface area contributed by atoms with Crippen molar-refractivity contribution in [2.24, 2.45) is 0 Å². The fourth-order valence-electron chi connectivity index (χ4n) is 1.59. The molecule has 0 aliphatic heterocycles. The van der Waals surface area contributed by atoms with Gasteiger partial charge in [0, 0.05) is 11.9 Å². The van der Waals surface area contributed by atoms with Crippen molar-refractivity contribution in [1.82, 2.24) is 4.98 Å². The largest absolute Gasteiger partial charge is 0.399 e. The molecule has 1 aromatic heterocycles. The highest BCUT2D eigenvalue weighted by Crippen LogP contribution is 2.32. The van der Waals surface area contributed by atoms with Crippen molar-refractivity contribution >= 4 is 34.5 Å². The highest BCUT2D eigenvalue weighted by molar-refractivity contribution is 6.33. The maximum atomic E-state index is 11.1. The molecule has 3 N–H and O–H groups in total. The highest BCUT2D eigenvalue weighted by Gasteiger charge is 2.21. The maximum Gasteiger partial charge on any atom is 0.329 e. The van der Waals surface area contributed by atoms with E-state index in [0.29, 0.717) is 16.4 Å². The quantitative estimate of drug-likeness (QED) is 0.509. The summed E-state index contributed by atoms with van der Waals surface area (Å²) < 4.78 is 0. The van der Waals surface area contributed by atoms with Crippen LogP contribution in [0.2, 0.25) is 5.02 Å². The minimum atomic E-state index is -0.673. The molecule has 8 heteroatoms. The predicted octanol–water partition coefficient (Wildman–Crippen LogP) is 2.84. The Morgan fingerprint density at radius 1 is 1.45 bits per heavy atom. The van der Waals surface area contributed by atoms with Crippen LogP contribution >= 0.6 is 11.6 Å². The van der Waals surface area contributed by atoms with Gasteiger partial charge in [-0.2, -0.15) is 5.26 Å². The number of nitrogen functional groups attached to an aromatic ring is 1. The van der Waals surface area contributed by atoms with E-state index in [1.54, 1.807) is 18.2 Å². The van der Waals surface area contributed by atoms with Crippen molar-refractivity contribution in [3.05, 3.63) is 51.2 Å². The van der Waals surface area contributed by atoms with Crippen LogP contribution in [0.4, 0.5) is 22.9 Å². The number of nitriles is 1. The van der Waals surface area contributed by atoms with Crippen LogP contribution in [-0.4, -0.2) is 9.91 Å². The van der Waals surface area contributed by atoms with Gasteiger partial charge >= 0.3 is 5.69 Å². The Balaban J connectivity index is 2.52. The van der Waals surface area contributed by atoms with Crippen molar-refractivity contribution in [3.8, 4) is 6.07 Å². The van der Waals surface area contributed by atoms with Crippen LogP contribution in [0.1, 0.15) is 5.56 Å². The van der Waals surface area contributed by atoms with Crippen LogP contribution in [0.3, 0.4) is 0 Å². The molecule has 1 heterocycles. The number of pyridine rings is 1. The van der Waals surface area contributed by atoms with Crippen molar-refractivity contribution in [2.75, 3.05) is 11.1 Å². The van der Waals surface area contributed by atoms with Crippen LogP contribution < -0.4 is 11.1 Å². The monoisotopic (exact) mass is 289 g/mol. The summed E-state index contributed by atoms with van der Waals surface area (Å²) in [7, 11) is 0. The fraction of sp³-hybridized carbons (Fsp3) is 0. The van der Waals surface area contributed by atoms with Crippen LogP contribution in [0.5, 0.6) is 0 Å². The number of nitrogens with zero attached hydrogens (tertiary/aromatic N) is 3. The third-order valence-corrected chi connectivity index (χ3v) is 2.80. The standard InChI is InChI=1S/C12H8ClN5O2/c13-9-2-1-8(15)5-10(9)17-12-11(18(19)20)7(6-14)3-4-16-12/h1-5H,15H2,(H,16,17). The molecule has 0 aliphatic rings. The zero-order chi connectivity index (χ0) is 14.7. The molecular weight excluding hydrogens is 282 g/mol. The van der Waals surface area contributed by atoms with Crippen molar-refractivity contribution in [3.63, 3.8) is 0 Å². The van der Waals surface area contributed by atoms with E-state index in [4.69, 9.17) is 22.6 Å². The van der Waals surface area contributed by atoms with E-state index in [1.807, 2.05) is 0 Å². The lowest BCUT2D eigenvalue weighted by Gasteiger charge is -2.09. The number of nitrogens with two attached hydrogens (primary N) is 1. The lowest BCUT2D eigenvalue weighted by atomic mass is 10.2. The van der Waals surface area contributed by atoms with Gasteiger partial charge in [0.25, 0.3) is 0 Å². The molecule has 20 heavy (non-hydrogen) atoms. The van der Waals surface area contributed by atoms with Gasteiger partial charge in [0.05, 0.1) is 15.6 Å². The smallest absolute Gasteiger partial charge is 0.329 e. The topological polar surface area (TPSA) is 118 Å². The summed E-state index contributed by atoms with van der Waals surface area (Å²) in [5.41, 5.74) is 5.94. The zero-order valence-electron chi connectivity index (χ0n) is 10.0. The van der Waals surface area contributed by atoms with Crippen molar-refractivity contribution in [2.45, 2.75) is 0 Å². The first-order chi connectivity index (χ1) is 9.52. The van der Waals surface area contributed by atoms with Gasteiger partial charge in [-0.1, -0.05) is 11.6 Å². The van der Waals surface area contributed by atoms with E-state index in [0.717, 1.165) is 0 Å². The number of nitrogens with one attached hydrogen (secondary N) is 1. The molecule has 0 saturated carbocycles. The number of rotatable bonds is 3. The Hall–Kier alpha value is -2.85. The SMILES string of the molecule is N#Cc1ccnc(Nc2cc(N)ccc2Cl)c1[N+](=O)[O-]. The molecule has 0 atom stereocenters. The van der Waals surface area contributed by atoms with E-state index in [-0.39, 0.29) is 11.4 Å². The molecule has 0 spiro atoms. The van der Waals surface area contributed by atoms with E-state index >= 15 is 0 Å². The first-order valence-corrected chi connectivity index (χ1v) is 5.76. The molecule has 1 aromatic carbocycles. The van der Waals surface area contributed by atoms with E-state index in [2.05, 4.69) is 10.3 Å². The normalized spacial score (nSPS) is 9.80. The number of hydrogen-bond acceptors (Lipinski definition) is 6.